The summed E-state index contributed by atoms with van der Waals surface area (Å²) < 4.78 is 27.3. The van der Waals surface area contributed by atoms with Crippen molar-refractivity contribution >= 4 is 38.9 Å². The summed E-state index contributed by atoms with van der Waals surface area (Å²) in [7, 11) is 0. The normalized spacial score (nSPS) is 12.0. The van der Waals surface area contributed by atoms with E-state index in [9.17, 15) is 23.5 Å². The highest BCUT2D eigenvalue weighted by molar-refractivity contribution is 7.17. The molecule has 1 heterocycles. The van der Waals surface area contributed by atoms with Crippen LogP contribution in [0.25, 0.3) is 10.1 Å². The molecule has 0 aliphatic heterocycles. The summed E-state index contributed by atoms with van der Waals surface area (Å²) in [5.41, 5.74) is 0.340. The lowest BCUT2D eigenvalue weighted by atomic mass is 10.1. The minimum atomic E-state index is -1.11. The first-order valence-electron chi connectivity index (χ1n) is 7.64. The third kappa shape index (κ3) is 3.87. The molecule has 8 heteroatoms. The molecule has 3 aromatic rings. The van der Waals surface area contributed by atoms with Gasteiger partial charge in [-0.2, -0.15) is 0 Å². The number of anilines is 1. The van der Waals surface area contributed by atoms with Gasteiger partial charge in [-0.3, -0.25) is 9.59 Å². The van der Waals surface area contributed by atoms with Gasteiger partial charge in [-0.05, 0) is 29.0 Å². The van der Waals surface area contributed by atoms with Gasteiger partial charge in [-0.25, -0.2) is 8.78 Å². The fourth-order valence-electron chi connectivity index (χ4n) is 2.41. The van der Waals surface area contributed by atoms with Crippen molar-refractivity contribution in [2.45, 2.75) is 6.10 Å². The van der Waals surface area contributed by atoms with E-state index in [-0.39, 0.29) is 12.2 Å². The zero-order valence-electron chi connectivity index (χ0n) is 13.3. The highest BCUT2D eigenvalue weighted by Crippen LogP contribution is 2.29. The standard InChI is InChI=1S/C18H14F2N2O3S/c19-10-5-6-14(13(20)7-10)22-18(25)17(24)21-8-15(23)12-9-26-16-4-2-1-3-11(12)16/h1-7,9,15,23H,8H2,(H,21,24)(H,22,25). The van der Waals surface area contributed by atoms with E-state index in [2.05, 4.69) is 10.6 Å². The van der Waals surface area contributed by atoms with Crippen LogP contribution in [0.5, 0.6) is 0 Å². The highest BCUT2D eigenvalue weighted by atomic mass is 32.1. The van der Waals surface area contributed by atoms with Crippen LogP contribution in [0, 0.1) is 11.6 Å². The summed E-state index contributed by atoms with van der Waals surface area (Å²) in [4.78, 5) is 23.6. The molecule has 2 amide bonds. The predicted molar refractivity (Wildman–Crippen MR) is 94.8 cm³/mol. The van der Waals surface area contributed by atoms with Crippen LogP contribution in [0.4, 0.5) is 14.5 Å². The SMILES string of the molecule is O=C(NCC(O)c1csc2ccccc12)C(=O)Nc1ccc(F)cc1F. The second-order valence-electron chi connectivity index (χ2n) is 5.49. The van der Waals surface area contributed by atoms with Crippen molar-refractivity contribution in [1.82, 2.24) is 5.32 Å². The number of nitrogens with one attached hydrogen (secondary N) is 2. The average Bonchev–Trinajstić information content (AvgIpc) is 3.06. The van der Waals surface area contributed by atoms with Gasteiger partial charge < -0.3 is 15.7 Å². The molecular weight excluding hydrogens is 362 g/mol. The third-order valence-electron chi connectivity index (χ3n) is 3.71. The molecular formula is C18H14F2N2O3S. The quantitative estimate of drug-likeness (QED) is 0.613. The van der Waals surface area contributed by atoms with Crippen molar-refractivity contribution in [1.29, 1.82) is 0 Å². The van der Waals surface area contributed by atoms with Crippen LogP contribution < -0.4 is 10.6 Å². The number of benzene rings is 2. The first-order valence-corrected chi connectivity index (χ1v) is 8.52. The Morgan fingerprint density at radius 2 is 1.88 bits per heavy atom. The minimum Gasteiger partial charge on any atom is -0.387 e. The van der Waals surface area contributed by atoms with Crippen molar-refractivity contribution in [3.05, 3.63) is 65.0 Å². The van der Waals surface area contributed by atoms with Crippen molar-refractivity contribution in [3.63, 3.8) is 0 Å². The van der Waals surface area contributed by atoms with E-state index < -0.39 is 29.6 Å². The second kappa shape index (κ2) is 7.59. The maximum absolute atomic E-state index is 13.5. The number of aliphatic hydroxyl groups is 1. The van der Waals surface area contributed by atoms with E-state index in [0.717, 1.165) is 22.2 Å². The molecule has 0 bridgehead atoms. The molecule has 3 rings (SSSR count). The van der Waals surface area contributed by atoms with E-state index in [1.807, 2.05) is 24.3 Å². The maximum Gasteiger partial charge on any atom is 0.313 e. The van der Waals surface area contributed by atoms with Crippen LogP contribution in [0.3, 0.4) is 0 Å². The van der Waals surface area contributed by atoms with Gasteiger partial charge in [0.1, 0.15) is 11.6 Å². The topological polar surface area (TPSA) is 78.4 Å². The number of hydrogen-bond acceptors (Lipinski definition) is 4. The number of carbonyl (C=O) groups excluding carboxylic acids is 2. The molecule has 3 N–H and O–H groups in total. The van der Waals surface area contributed by atoms with E-state index in [1.165, 1.54) is 11.3 Å². The lowest BCUT2D eigenvalue weighted by Gasteiger charge is -2.12. The van der Waals surface area contributed by atoms with E-state index >= 15 is 0 Å². The van der Waals surface area contributed by atoms with Crippen molar-refractivity contribution < 1.29 is 23.5 Å². The fraction of sp³-hybridized carbons (Fsp3) is 0.111. The van der Waals surface area contributed by atoms with E-state index in [4.69, 9.17) is 0 Å². The van der Waals surface area contributed by atoms with Crippen LogP contribution in [-0.2, 0) is 9.59 Å². The molecule has 0 saturated carbocycles. The Morgan fingerprint density at radius 3 is 2.65 bits per heavy atom. The monoisotopic (exact) mass is 376 g/mol. The molecule has 5 nitrogen and oxygen atoms in total. The summed E-state index contributed by atoms with van der Waals surface area (Å²) >= 11 is 1.46. The molecule has 134 valence electrons. The molecule has 0 fully saturated rings. The largest absolute Gasteiger partial charge is 0.387 e. The van der Waals surface area contributed by atoms with Crippen LogP contribution in [-0.4, -0.2) is 23.5 Å². The fourth-order valence-corrected chi connectivity index (χ4v) is 3.41. The van der Waals surface area contributed by atoms with Crippen molar-refractivity contribution in [3.8, 4) is 0 Å². The lowest BCUT2D eigenvalue weighted by molar-refractivity contribution is -0.136. The number of hydrogen-bond donors (Lipinski definition) is 3. The number of thiophene rings is 1. The zero-order chi connectivity index (χ0) is 18.7. The average molecular weight is 376 g/mol. The number of rotatable bonds is 4. The Hall–Kier alpha value is -2.84. The lowest BCUT2D eigenvalue weighted by Crippen LogP contribution is -2.37. The minimum absolute atomic E-state index is 0.182. The molecule has 0 spiro atoms. The Kier molecular flexibility index (Phi) is 5.24. The van der Waals surface area contributed by atoms with Gasteiger partial charge in [-0.15, -0.1) is 11.3 Å². The van der Waals surface area contributed by atoms with Gasteiger partial charge in [0, 0.05) is 22.9 Å². The molecule has 0 saturated heterocycles. The smallest absolute Gasteiger partial charge is 0.313 e. The second-order valence-corrected chi connectivity index (χ2v) is 6.40. The summed E-state index contributed by atoms with van der Waals surface area (Å²) in [6.07, 6.45) is -0.995. The predicted octanol–water partition coefficient (Wildman–Crippen LogP) is 2.97. The first kappa shape index (κ1) is 18.0. The molecule has 2 aromatic carbocycles. The molecule has 0 radical (unpaired) electrons. The molecule has 26 heavy (non-hydrogen) atoms. The first-order chi connectivity index (χ1) is 12.5. The van der Waals surface area contributed by atoms with Crippen molar-refractivity contribution in [2.24, 2.45) is 0 Å². The van der Waals surface area contributed by atoms with Crippen LogP contribution >= 0.6 is 11.3 Å². The summed E-state index contributed by atoms with van der Waals surface area (Å²) in [5.74, 6) is -3.93. The van der Waals surface area contributed by atoms with Gasteiger partial charge in [0.2, 0.25) is 0 Å². The van der Waals surface area contributed by atoms with Crippen LogP contribution in [0.15, 0.2) is 47.8 Å². The molecule has 1 aromatic heterocycles. The van der Waals surface area contributed by atoms with Crippen LogP contribution in [0.2, 0.25) is 0 Å². The van der Waals surface area contributed by atoms with Gasteiger partial charge >= 0.3 is 11.8 Å². The molecule has 0 aliphatic rings. The molecule has 1 unspecified atom stereocenters. The van der Waals surface area contributed by atoms with E-state index in [0.29, 0.717) is 11.6 Å². The van der Waals surface area contributed by atoms with Gasteiger partial charge in [0.25, 0.3) is 0 Å². The Balaban J connectivity index is 1.60. The Morgan fingerprint density at radius 1 is 1.12 bits per heavy atom. The highest BCUT2D eigenvalue weighted by Gasteiger charge is 2.19. The van der Waals surface area contributed by atoms with Crippen LogP contribution in [0.1, 0.15) is 11.7 Å². The summed E-state index contributed by atoms with van der Waals surface area (Å²) in [6.45, 7) is -0.182. The molecule has 1 atom stereocenters. The van der Waals surface area contributed by atoms with Gasteiger partial charge in [0.05, 0.1) is 11.8 Å². The Labute approximate surface area is 151 Å². The number of carbonyl (C=O) groups is 2. The third-order valence-corrected chi connectivity index (χ3v) is 4.69. The summed E-state index contributed by atoms with van der Waals surface area (Å²) in [5, 5.41) is 17.3. The van der Waals surface area contributed by atoms with E-state index in [1.54, 1.807) is 5.38 Å². The van der Waals surface area contributed by atoms with Crippen molar-refractivity contribution in [2.75, 3.05) is 11.9 Å². The number of amides is 2. The number of aliphatic hydroxyl groups excluding tert-OH is 1. The maximum atomic E-state index is 13.5. The van der Waals surface area contributed by atoms with Gasteiger partial charge in [-0.1, -0.05) is 18.2 Å². The number of halogens is 2. The summed E-state index contributed by atoms with van der Waals surface area (Å²) in [6, 6.07) is 10.1. The zero-order valence-corrected chi connectivity index (χ0v) is 14.1. The molecule has 0 aliphatic carbocycles. The number of fused-ring (bicyclic) bond motifs is 1. The Bertz CT molecular complexity index is 974. The van der Waals surface area contributed by atoms with Gasteiger partial charge in [0.15, 0.2) is 0 Å².